The molecule has 1 aromatic rings. The van der Waals surface area contributed by atoms with E-state index in [0.717, 1.165) is 6.42 Å². The van der Waals surface area contributed by atoms with Gasteiger partial charge in [0.1, 0.15) is 6.04 Å². The van der Waals surface area contributed by atoms with Gasteiger partial charge in [-0.2, -0.15) is 0 Å². The molecule has 28 heavy (non-hydrogen) atoms. The Hall–Kier alpha value is -1.44. The zero-order valence-corrected chi connectivity index (χ0v) is 16.9. The van der Waals surface area contributed by atoms with E-state index < -0.39 is 12.5 Å². The molecule has 1 N–H and O–H groups in total. The molecule has 2 aliphatic heterocycles. The number of hydrogen-bond acceptors (Lipinski definition) is 3. The molecule has 2 fully saturated rings. The van der Waals surface area contributed by atoms with Crippen molar-refractivity contribution < 1.29 is 18.4 Å². The van der Waals surface area contributed by atoms with E-state index in [1.165, 1.54) is 6.07 Å². The number of carbonyl (C=O) groups is 2. The first-order chi connectivity index (χ1) is 13.3. The summed E-state index contributed by atoms with van der Waals surface area (Å²) < 4.78 is 25.0. The second-order valence-electron chi connectivity index (χ2n) is 7.26. The second kappa shape index (κ2) is 9.37. The van der Waals surface area contributed by atoms with Gasteiger partial charge in [-0.3, -0.25) is 14.5 Å². The number of carbonyl (C=O) groups excluding carboxylic acids is 2. The lowest BCUT2D eigenvalue weighted by atomic mass is 10.0. The van der Waals surface area contributed by atoms with Crippen molar-refractivity contribution >= 4 is 35.0 Å². The average Bonchev–Trinajstić information content (AvgIpc) is 3.14. The monoisotopic (exact) mass is 433 g/mol. The third-order valence-corrected chi connectivity index (χ3v) is 5.87. The van der Waals surface area contributed by atoms with Crippen LogP contribution in [0, 0.1) is 0 Å². The molecule has 2 amide bonds. The van der Waals surface area contributed by atoms with Gasteiger partial charge >= 0.3 is 0 Å². The summed E-state index contributed by atoms with van der Waals surface area (Å²) >= 11 is 12.1. The number of nitrogens with one attached hydrogen (secondary N) is 1. The predicted octanol–water partition coefficient (Wildman–Crippen LogP) is 3.44. The molecule has 5 nitrogen and oxygen atoms in total. The van der Waals surface area contributed by atoms with E-state index in [9.17, 15) is 18.4 Å². The lowest BCUT2D eigenvalue weighted by Gasteiger charge is -2.33. The van der Waals surface area contributed by atoms with Crippen molar-refractivity contribution in [3.05, 3.63) is 33.8 Å². The van der Waals surface area contributed by atoms with Crippen molar-refractivity contribution in [3.63, 3.8) is 0 Å². The number of rotatable bonds is 5. The third kappa shape index (κ3) is 5.13. The number of likely N-dealkylation sites (tertiary alicyclic amines) is 2. The van der Waals surface area contributed by atoms with Crippen molar-refractivity contribution in [2.24, 2.45) is 0 Å². The lowest BCUT2D eigenvalue weighted by Crippen LogP contribution is -2.51. The predicted molar refractivity (Wildman–Crippen MR) is 104 cm³/mol. The number of amides is 2. The molecule has 0 bridgehead atoms. The summed E-state index contributed by atoms with van der Waals surface area (Å²) in [6.07, 6.45) is 0.218. The van der Waals surface area contributed by atoms with Crippen LogP contribution in [0.2, 0.25) is 10.0 Å². The van der Waals surface area contributed by atoms with Crippen LogP contribution in [0.25, 0.3) is 0 Å². The molecule has 0 saturated carbocycles. The van der Waals surface area contributed by atoms with Crippen LogP contribution in [0.5, 0.6) is 0 Å². The van der Waals surface area contributed by atoms with Gasteiger partial charge < -0.3 is 10.2 Å². The van der Waals surface area contributed by atoms with Crippen LogP contribution < -0.4 is 5.32 Å². The minimum atomic E-state index is -2.34. The zero-order valence-electron chi connectivity index (χ0n) is 15.3. The normalized spacial score (nSPS) is 21.3. The SMILES string of the molecule is O=C(NC1CCN(CC(F)F)CC1)C1CCCN1C(=O)c1cc(Cl)ccc1Cl. The molecule has 3 rings (SSSR count). The highest BCUT2D eigenvalue weighted by atomic mass is 35.5. The van der Waals surface area contributed by atoms with E-state index in [4.69, 9.17) is 23.2 Å². The molecular weight excluding hydrogens is 411 g/mol. The molecule has 2 saturated heterocycles. The average molecular weight is 434 g/mol. The van der Waals surface area contributed by atoms with E-state index >= 15 is 0 Å². The molecule has 1 unspecified atom stereocenters. The molecule has 2 aliphatic rings. The number of piperidine rings is 1. The van der Waals surface area contributed by atoms with Crippen LogP contribution in [-0.2, 0) is 4.79 Å². The van der Waals surface area contributed by atoms with Gasteiger partial charge in [-0.25, -0.2) is 8.78 Å². The Morgan fingerprint density at radius 1 is 1.14 bits per heavy atom. The van der Waals surface area contributed by atoms with Crippen molar-refractivity contribution in [2.45, 2.75) is 44.2 Å². The molecule has 0 aliphatic carbocycles. The molecule has 154 valence electrons. The van der Waals surface area contributed by atoms with Crippen molar-refractivity contribution in [3.8, 4) is 0 Å². The molecule has 1 atom stereocenters. The molecule has 2 heterocycles. The highest BCUT2D eigenvalue weighted by molar-refractivity contribution is 6.35. The van der Waals surface area contributed by atoms with E-state index in [0.29, 0.717) is 48.9 Å². The third-order valence-electron chi connectivity index (χ3n) is 5.31. The van der Waals surface area contributed by atoms with Crippen LogP contribution in [0.1, 0.15) is 36.0 Å². The molecule has 0 radical (unpaired) electrons. The Morgan fingerprint density at radius 3 is 2.54 bits per heavy atom. The van der Waals surface area contributed by atoms with Gasteiger partial charge in [-0.1, -0.05) is 23.2 Å². The van der Waals surface area contributed by atoms with Gasteiger partial charge in [0.2, 0.25) is 5.91 Å². The van der Waals surface area contributed by atoms with Gasteiger partial charge in [0.25, 0.3) is 12.3 Å². The fourth-order valence-electron chi connectivity index (χ4n) is 3.85. The van der Waals surface area contributed by atoms with Crippen LogP contribution in [0.3, 0.4) is 0 Å². The zero-order chi connectivity index (χ0) is 20.3. The van der Waals surface area contributed by atoms with E-state index in [1.54, 1.807) is 21.9 Å². The van der Waals surface area contributed by atoms with Crippen molar-refractivity contribution in [2.75, 3.05) is 26.2 Å². The minimum absolute atomic E-state index is 0.0614. The fraction of sp³-hybridized carbons (Fsp3) is 0.579. The molecular formula is C19H23Cl2F2N3O2. The van der Waals surface area contributed by atoms with Gasteiger partial charge in [0, 0.05) is 30.7 Å². The Labute approximate surface area is 172 Å². The minimum Gasteiger partial charge on any atom is -0.351 e. The molecule has 9 heteroatoms. The summed E-state index contributed by atoms with van der Waals surface area (Å²) in [7, 11) is 0. The molecule has 0 aromatic heterocycles. The summed E-state index contributed by atoms with van der Waals surface area (Å²) in [6.45, 7) is 1.31. The first kappa shape index (κ1) is 21.3. The smallest absolute Gasteiger partial charge is 0.256 e. The Balaban J connectivity index is 1.59. The summed E-state index contributed by atoms with van der Waals surface area (Å²) in [5, 5.41) is 3.69. The van der Waals surface area contributed by atoms with Gasteiger partial charge in [-0.15, -0.1) is 0 Å². The summed E-state index contributed by atoms with van der Waals surface area (Å²) in [6, 6.07) is 4.07. The number of benzene rings is 1. The Kier molecular flexibility index (Phi) is 7.12. The topological polar surface area (TPSA) is 52.7 Å². The van der Waals surface area contributed by atoms with Gasteiger partial charge in [-0.05, 0) is 43.9 Å². The first-order valence-corrected chi connectivity index (χ1v) is 10.2. The van der Waals surface area contributed by atoms with E-state index in [1.807, 2.05) is 0 Å². The molecule has 1 aromatic carbocycles. The van der Waals surface area contributed by atoms with Gasteiger partial charge in [0.05, 0.1) is 17.1 Å². The van der Waals surface area contributed by atoms with E-state index in [2.05, 4.69) is 5.32 Å². The first-order valence-electron chi connectivity index (χ1n) is 9.42. The van der Waals surface area contributed by atoms with Crippen LogP contribution in [0.15, 0.2) is 18.2 Å². The highest BCUT2D eigenvalue weighted by Crippen LogP contribution is 2.26. The Morgan fingerprint density at radius 2 is 1.86 bits per heavy atom. The van der Waals surface area contributed by atoms with Crippen molar-refractivity contribution in [1.82, 2.24) is 15.1 Å². The van der Waals surface area contributed by atoms with Crippen molar-refractivity contribution in [1.29, 1.82) is 0 Å². The fourth-order valence-corrected chi connectivity index (χ4v) is 4.22. The maximum absolute atomic E-state index is 12.9. The quantitative estimate of drug-likeness (QED) is 0.773. The van der Waals surface area contributed by atoms with E-state index in [-0.39, 0.29) is 30.0 Å². The second-order valence-corrected chi connectivity index (χ2v) is 8.10. The van der Waals surface area contributed by atoms with Crippen LogP contribution in [-0.4, -0.2) is 66.3 Å². The lowest BCUT2D eigenvalue weighted by molar-refractivity contribution is -0.125. The number of halogens is 4. The summed E-state index contributed by atoms with van der Waals surface area (Å²) in [4.78, 5) is 28.9. The summed E-state index contributed by atoms with van der Waals surface area (Å²) in [5.41, 5.74) is 0.286. The number of nitrogens with zero attached hydrogens (tertiary/aromatic N) is 2. The van der Waals surface area contributed by atoms with Crippen LogP contribution in [0.4, 0.5) is 8.78 Å². The highest BCUT2D eigenvalue weighted by Gasteiger charge is 2.36. The molecule has 0 spiro atoms. The largest absolute Gasteiger partial charge is 0.351 e. The summed E-state index contributed by atoms with van der Waals surface area (Å²) in [5.74, 6) is -0.506. The standard InChI is InChI=1S/C19H23Cl2F2N3O2/c20-12-3-4-15(21)14(10-12)19(28)26-7-1-2-16(26)18(27)24-13-5-8-25(9-6-13)11-17(22)23/h3-4,10,13,16-17H,1-2,5-9,11H2,(H,24,27). The maximum Gasteiger partial charge on any atom is 0.256 e. The van der Waals surface area contributed by atoms with Crippen LogP contribution >= 0.6 is 23.2 Å². The number of hydrogen-bond donors (Lipinski definition) is 1. The maximum atomic E-state index is 12.9. The van der Waals surface area contributed by atoms with Gasteiger partial charge in [0.15, 0.2) is 0 Å². The Bertz CT molecular complexity index is 727. The number of alkyl halides is 2.